The molecule has 2 aromatic heterocycles. The summed E-state index contributed by atoms with van der Waals surface area (Å²) in [6.07, 6.45) is 3.95. The van der Waals surface area contributed by atoms with Gasteiger partial charge in [-0.3, -0.25) is 14.0 Å². The Bertz CT molecular complexity index is 856. The molecule has 0 radical (unpaired) electrons. The van der Waals surface area contributed by atoms with Gasteiger partial charge in [0, 0.05) is 34.8 Å². The fraction of sp³-hybridized carbons (Fsp3) is 0.133. The zero-order valence-corrected chi connectivity index (χ0v) is 13.5. The van der Waals surface area contributed by atoms with Crippen LogP contribution < -0.4 is 10.6 Å². The number of benzene rings is 1. The van der Waals surface area contributed by atoms with Crippen LogP contribution in [0.2, 0.25) is 0 Å². The second kappa shape index (κ2) is 5.71. The number of rotatable bonds is 3. The Morgan fingerprint density at radius 1 is 1.35 bits per heavy atom. The van der Waals surface area contributed by atoms with E-state index < -0.39 is 6.04 Å². The van der Waals surface area contributed by atoms with Gasteiger partial charge in [0.15, 0.2) is 4.96 Å². The Balaban J connectivity index is 1.48. The summed E-state index contributed by atoms with van der Waals surface area (Å²) in [7, 11) is 0. The van der Waals surface area contributed by atoms with Gasteiger partial charge in [-0.1, -0.05) is 23.9 Å². The van der Waals surface area contributed by atoms with Gasteiger partial charge in [0.05, 0.1) is 5.69 Å². The maximum atomic E-state index is 12.0. The molecule has 1 aromatic carbocycles. The van der Waals surface area contributed by atoms with Crippen molar-refractivity contribution in [1.82, 2.24) is 14.7 Å². The lowest BCUT2D eigenvalue weighted by Crippen LogP contribution is -2.38. The first-order chi connectivity index (χ1) is 11.2. The average molecular weight is 344 g/mol. The molecule has 1 saturated heterocycles. The minimum atomic E-state index is -0.466. The number of nitrogens with one attached hydrogen (secondary N) is 2. The standard InChI is InChI=1S/C15H12N4O2S2/c20-13(12-8-23-15(21)18-12)16-10-3-1-9(2-4-10)11-7-19-5-6-22-14(19)17-11/h1-7,12H,8H2,(H,16,20)(H,18,21). The van der Waals surface area contributed by atoms with Gasteiger partial charge >= 0.3 is 0 Å². The fourth-order valence-electron chi connectivity index (χ4n) is 2.35. The van der Waals surface area contributed by atoms with E-state index >= 15 is 0 Å². The lowest BCUT2D eigenvalue weighted by molar-refractivity contribution is -0.117. The zero-order valence-electron chi connectivity index (χ0n) is 11.9. The van der Waals surface area contributed by atoms with Gasteiger partial charge < -0.3 is 10.6 Å². The van der Waals surface area contributed by atoms with E-state index in [-0.39, 0.29) is 11.1 Å². The molecule has 1 aliphatic heterocycles. The summed E-state index contributed by atoms with van der Waals surface area (Å²) in [4.78, 5) is 28.7. The number of carbonyl (C=O) groups is 2. The van der Waals surface area contributed by atoms with Gasteiger partial charge in [0.1, 0.15) is 6.04 Å². The minimum absolute atomic E-state index is 0.153. The van der Waals surface area contributed by atoms with Gasteiger partial charge in [0.25, 0.3) is 5.24 Å². The lowest BCUT2D eigenvalue weighted by Gasteiger charge is -2.10. The smallest absolute Gasteiger partial charge is 0.279 e. The van der Waals surface area contributed by atoms with Crippen LogP contribution >= 0.6 is 23.1 Å². The molecule has 4 rings (SSSR count). The SMILES string of the molecule is O=C1NC(C(=O)Nc2ccc(-c3cn4ccsc4n3)cc2)CS1. The highest BCUT2D eigenvalue weighted by molar-refractivity contribution is 8.14. The van der Waals surface area contributed by atoms with Crippen LogP contribution in [0.15, 0.2) is 42.0 Å². The summed E-state index contributed by atoms with van der Waals surface area (Å²) in [5.41, 5.74) is 2.59. The first-order valence-corrected chi connectivity index (χ1v) is 8.82. The van der Waals surface area contributed by atoms with Crippen molar-refractivity contribution in [2.45, 2.75) is 6.04 Å². The summed E-state index contributed by atoms with van der Waals surface area (Å²) in [6, 6.07) is 7.05. The Kier molecular flexibility index (Phi) is 3.55. The van der Waals surface area contributed by atoms with Crippen molar-refractivity contribution in [3.63, 3.8) is 0 Å². The first kappa shape index (κ1) is 14.3. The zero-order chi connectivity index (χ0) is 15.8. The van der Waals surface area contributed by atoms with Crippen LogP contribution in [0.3, 0.4) is 0 Å². The molecule has 116 valence electrons. The summed E-state index contributed by atoms with van der Waals surface area (Å²) < 4.78 is 1.98. The number of amides is 2. The largest absolute Gasteiger partial charge is 0.334 e. The van der Waals surface area contributed by atoms with E-state index in [4.69, 9.17) is 0 Å². The Hall–Kier alpha value is -2.32. The Labute approximate surface area is 139 Å². The van der Waals surface area contributed by atoms with Crippen molar-refractivity contribution >= 4 is 44.9 Å². The third-order valence-electron chi connectivity index (χ3n) is 3.53. The summed E-state index contributed by atoms with van der Waals surface area (Å²) in [5.74, 6) is 0.271. The normalized spacial score (nSPS) is 17.4. The van der Waals surface area contributed by atoms with Crippen LogP contribution in [0.5, 0.6) is 0 Å². The van der Waals surface area contributed by atoms with E-state index in [2.05, 4.69) is 15.6 Å². The molecule has 3 aromatic rings. The van der Waals surface area contributed by atoms with Crippen molar-refractivity contribution in [2.24, 2.45) is 0 Å². The highest BCUT2D eigenvalue weighted by Gasteiger charge is 2.27. The van der Waals surface area contributed by atoms with E-state index in [1.807, 2.05) is 46.4 Å². The van der Waals surface area contributed by atoms with Crippen molar-refractivity contribution in [3.05, 3.63) is 42.0 Å². The second-order valence-electron chi connectivity index (χ2n) is 5.08. The van der Waals surface area contributed by atoms with Crippen molar-refractivity contribution in [1.29, 1.82) is 0 Å². The third kappa shape index (κ3) is 2.82. The van der Waals surface area contributed by atoms with E-state index in [0.29, 0.717) is 11.4 Å². The quantitative estimate of drug-likeness (QED) is 0.766. The van der Waals surface area contributed by atoms with Gasteiger partial charge in [-0.25, -0.2) is 4.98 Å². The summed E-state index contributed by atoms with van der Waals surface area (Å²) >= 11 is 2.71. The number of hydrogen-bond acceptors (Lipinski definition) is 5. The van der Waals surface area contributed by atoms with Crippen LogP contribution in [0.25, 0.3) is 16.2 Å². The number of anilines is 1. The van der Waals surface area contributed by atoms with E-state index in [9.17, 15) is 9.59 Å². The second-order valence-corrected chi connectivity index (χ2v) is 6.95. The van der Waals surface area contributed by atoms with Gasteiger partial charge in [-0.05, 0) is 12.1 Å². The highest BCUT2D eigenvalue weighted by atomic mass is 32.2. The number of thiazole rings is 1. The maximum absolute atomic E-state index is 12.0. The number of thioether (sulfide) groups is 1. The molecule has 1 aliphatic rings. The molecule has 8 heteroatoms. The van der Waals surface area contributed by atoms with Crippen LogP contribution in [0, 0.1) is 0 Å². The van der Waals surface area contributed by atoms with Crippen LogP contribution in [0.1, 0.15) is 0 Å². The summed E-state index contributed by atoms with van der Waals surface area (Å²) in [5, 5.41) is 7.28. The Morgan fingerprint density at radius 3 is 2.87 bits per heavy atom. The predicted molar refractivity (Wildman–Crippen MR) is 91.9 cm³/mol. The molecule has 2 N–H and O–H groups in total. The Morgan fingerprint density at radius 2 is 2.17 bits per heavy atom. The van der Waals surface area contributed by atoms with Crippen molar-refractivity contribution in [2.75, 3.05) is 11.1 Å². The molecular weight excluding hydrogens is 332 g/mol. The molecule has 0 aliphatic carbocycles. The molecule has 1 atom stereocenters. The topological polar surface area (TPSA) is 75.5 Å². The minimum Gasteiger partial charge on any atom is -0.334 e. The van der Waals surface area contributed by atoms with Gasteiger partial charge in [-0.15, -0.1) is 11.3 Å². The molecule has 0 saturated carbocycles. The number of aromatic nitrogens is 2. The predicted octanol–water partition coefficient (Wildman–Crippen LogP) is 2.83. The monoisotopic (exact) mass is 344 g/mol. The molecule has 0 spiro atoms. The molecule has 2 amide bonds. The molecule has 23 heavy (non-hydrogen) atoms. The first-order valence-electron chi connectivity index (χ1n) is 6.96. The highest BCUT2D eigenvalue weighted by Crippen LogP contribution is 2.23. The van der Waals surface area contributed by atoms with Crippen LogP contribution in [0.4, 0.5) is 10.5 Å². The number of imidazole rings is 1. The molecular formula is C15H12N4O2S2. The maximum Gasteiger partial charge on any atom is 0.279 e. The molecule has 3 heterocycles. The molecule has 1 fully saturated rings. The van der Waals surface area contributed by atoms with Crippen molar-refractivity contribution in [3.8, 4) is 11.3 Å². The van der Waals surface area contributed by atoms with Crippen molar-refractivity contribution < 1.29 is 9.59 Å². The number of fused-ring (bicyclic) bond motifs is 1. The number of nitrogens with zero attached hydrogens (tertiary/aromatic N) is 2. The molecule has 1 unspecified atom stereocenters. The molecule has 6 nitrogen and oxygen atoms in total. The van der Waals surface area contributed by atoms with E-state index in [1.54, 1.807) is 11.3 Å². The van der Waals surface area contributed by atoms with Crippen LogP contribution in [-0.2, 0) is 4.79 Å². The summed E-state index contributed by atoms with van der Waals surface area (Å²) in [6.45, 7) is 0. The van der Waals surface area contributed by atoms with Crippen LogP contribution in [-0.4, -0.2) is 32.3 Å². The van der Waals surface area contributed by atoms with E-state index in [0.717, 1.165) is 28.0 Å². The molecule has 0 bridgehead atoms. The van der Waals surface area contributed by atoms with Gasteiger partial charge in [-0.2, -0.15) is 0 Å². The average Bonchev–Trinajstić information content (AvgIpc) is 3.23. The van der Waals surface area contributed by atoms with E-state index in [1.165, 1.54) is 0 Å². The number of hydrogen-bond donors (Lipinski definition) is 2. The fourth-order valence-corrected chi connectivity index (χ4v) is 3.82. The van der Waals surface area contributed by atoms with Gasteiger partial charge in [0.2, 0.25) is 5.91 Å². The number of carbonyl (C=O) groups excluding carboxylic acids is 2. The lowest BCUT2D eigenvalue weighted by atomic mass is 10.1. The third-order valence-corrected chi connectivity index (χ3v) is 5.18.